The molecule has 0 aliphatic carbocycles. The molecule has 3 heterocycles. The van der Waals surface area contributed by atoms with Crippen LogP contribution in [0.1, 0.15) is 28.8 Å². The Balaban J connectivity index is 1.90. The van der Waals surface area contributed by atoms with E-state index in [4.69, 9.17) is 0 Å². The molecule has 6 heteroatoms. The Kier molecular flexibility index (Phi) is 3.70. The fraction of sp³-hybridized carbons (Fsp3) is 0.400. The highest BCUT2D eigenvalue weighted by atomic mass is 16.2. The van der Waals surface area contributed by atoms with Crippen molar-refractivity contribution in [3.05, 3.63) is 46.0 Å². The van der Waals surface area contributed by atoms with Gasteiger partial charge in [-0.15, -0.1) is 0 Å². The number of aryl methyl sites for hydroxylation is 1. The van der Waals surface area contributed by atoms with Crippen LogP contribution < -0.4 is 16.2 Å². The molecule has 2 aromatic rings. The van der Waals surface area contributed by atoms with Gasteiger partial charge in [-0.3, -0.25) is 14.0 Å². The average molecular weight is 286 g/mol. The zero-order chi connectivity index (χ0) is 14.8. The van der Waals surface area contributed by atoms with Crippen molar-refractivity contribution in [2.24, 2.45) is 0 Å². The van der Waals surface area contributed by atoms with E-state index in [1.54, 1.807) is 12.3 Å². The molecule has 1 atom stereocenters. The fourth-order valence-corrected chi connectivity index (χ4v) is 2.58. The summed E-state index contributed by atoms with van der Waals surface area (Å²) in [5.74, 6) is -0.350. The van der Waals surface area contributed by atoms with Crippen LogP contribution in [0.5, 0.6) is 0 Å². The summed E-state index contributed by atoms with van der Waals surface area (Å²) in [6.07, 6.45) is 5.02. The maximum absolute atomic E-state index is 12.4. The lowest BCUT2D eigenvalue weighted by Gasteiger charge is -2.23. The molecule has 1 saturated heterocycles. The summed E-state index contributed by atoms with van der Waals surface area (Å²) >= 11 is 0. The quantitative estimate of drug-likeness (QED) is 0.842. The van der Waals surface area contributed by atoms with E-state index in [1.807, 2.05) is 13.0 Å². The van der Waals surface area contributed by atoms with Gasteiger partial charge in [-0.2, -0.15) is 0 Å². The minimum absolute atomic E-state index is 0.0730. The summed E-state index contributed by atoms with van der Waals surface area (Å²) < 4.78 is 1.42. The zero-order valence-corrected chi connectivity index (χ0v) is 11.9. The van der Waals surface area contributed by atoms with Crippen LogP contribution in [0.2, 0.25) is 0 Å². The largest absolute Gasteiger partial charge is 0.348 e. The van der Waals surface area contributed by atoms with E-state index in [2.05, 4.69) is 15.6 Å². The monoisotopic (exact) mass is 286 g/mol. The molecule has 0 spiro atoms. The second kappa shape index (κ2) is 5.65. The molecular weight excluding hydrogens is 268 g/mol. The number of piperidine rings is 1. The summed E-state index contributed by atoms with van der Waals surface area (Å²) in [5, 5.41) is 6.13. The number of hydrogen-bond acceptors (Lipinski definition) is 4. The standard InChI is InChI=1S/C15H18N4O2/c1-10-4-5-13-17-8-12(15(21)19(13)9-10)14(20)18-11-3-2-6-16-7-11/h4-5,8-9,11,16H,2-3,6-7H2,1H3,(H,18,20)/t11-/m0/s1. The average Bonchev–Trinajstić information content (AvgIpc) is 2.49. The van der Waals surface area contributed by atoms with Gasteiger partial charge in [0.2, 0.25) is 0 Å². The fourth-order valence-electron chi connectivity index (χ4n) is 2.58. The van der Waals surface area contributed by atoms with Gasteiger partial charge in [0.05, 0.1) is 0 Å². The Morgan fingerprint density at radius 1 is 1.48 bits per heavy atom. The molecule has 1 aliphatic rings. The van der Waals surface area contributed by atoms with E-state index >= 15 is 0 Å². The smallest absolute Gasteiger partial charge is 0.270 e. The highest BCUT2D eigenvalue weighted by molar-refractivity contribution is 5.93. The van der Waals surface area contributed by atoms with Gasteiger partial charge in [-0.25, -0.2) is 4.98 Å². The number of nitrogens with one attached hydrogen (secondary N) is 2. The molecule has 0 radical (unpaired) electrons. The van der Waals surface area contributed by atoms with Crippen molar-refractivity contribution in [2.45, 2.75) is 25.8 Å². The van der Waals surface area contributed by atoms with Gasteiger partial charge in [0, 0.05) is 25.0 Å². The summed E-state index contributed by atoms with van der Waals surface area (Å²) in [5.41, 5.74) is 1.25. The number of nitrogens with zero attached hydrogens (tertiary/aromatic N) is 2. The van der Waals surface area contributed by atoms with E-state index in [0.717, 1.165) is 31.5 Å². The Bertz CT molecular complexity index is 732. The normalized spacial score (nSPS) is 18.6. The molecule has 2 aromatic heterocycles. The van der Waals surface area contributed by atoms with E-state index in [-0.39, 0.29) is 23.1 Å². The molecule has 3 rings (SSSR count). The van der Waals surface area contributed by atoms with Crippen LogP contribution in [0.4, 0.5) is 0 Å². The van der Waals surface area contributed by atoms with Gasteiger partial charge in [0.15, 0.2) is 0 Å². The number of fused-ring (bicyclic) bond motifs is 1. The van der Waals surface area contributed by atoms with E-state index in [0.29, 0.717) is 5.65 Å². The number of hydrogen-bond donors (Lipinski definition) is 2. The zero-order valence-electron chi connectivity index (χ0n) is 11.9. The molecule has 0 saturated carbocycles. The van der Waals surface area contributed by atoms with Crippen molar-refractivity contribution in [1.29, 1.82) is 0 Å². The van der Waals surface area contributed by atoms with E-state index in [1.165, 1.54) is 10.6 Å². The lowest BCUT2D eigenvalue weighted by atomic mass is 10.1. The highest BCUT2D eigenvalue weighted by Gasteiger charge is 2.19. The third-order valence-electron chi connectivity index (χ3n) is 3.73. The number of carbonyl (C=O) groups excluding carboxylic acids is 1. The summed E-state index contributed by atoms with van der Waals surface area (Å²) in [6.45, 7) is 3.62. The first-order chi connectivity index (χ1) is 10.1. The first kappa shape index (κ1) is 13.8. The number of rotatable bonds is 2. The van der Waals surface area contributed by atoms with Crippen LogP contribution in [-0.2, 0) is 0 Å². The maximum Gasteiger partial charge on any atom is 0.270 e. The van der Waals surface area contributed by atoms with Gasteiger partial charge in [0.25, 0.3) is 11.5 Å². The lowest BCUT2D eigenvalue weighted by Crippen LogP contribution is -2.46. The predicted molar refractivity (Wildman–Crippen MR) is 79.6 cm³/mol. The number of pyridine rings is 1. The summed E-state index contributed by atoms with van der Waals surface area (Å²) in [6, 6.07) is 3.72. The Morgan fingerprint density at radius 3 is 3.10 bits per heavy atom. The molecule has 110 valence electrons. The van der Waals surface area contributed by atoms with Crippen LogP contribution >= 0.6 is 0 Å². The molecule has 0 unspecified atom stereocenters. The van der Waals surface area contributed by atoms with Gasteiger partial charge in [0.1, 0.15) is 11.2 Å². The number of amides is 1. The van der Waals surface area contributed by atoms with Gasteiger partial charge in [-0.05, 0) is 37.9 Å². The summed E-state index contributed by atoms with van der Waals surface area (Å²) in [7, 11) is 0. The maximum atomic E-state index is 12.4. The molecule has 0 aromatic carbocycles. The predicted octanol–water partition coefficient (Wildman–Crippen LogP) is 0.485. The highest BCUT2D eigenvalue weighted by Crippen LogP contribution is 2.04. The first-order valence-corrected chi connectivity index (χ1v) is 7.15. The molecule has 1 fully saturated rings. The van der Waals surface area contributed by atoms with E-state index in [9.17, 15) is 9.59 Å². The third-order valence-corrected chi connectivity index (χ3v) is 3.73. The second-order valence-corrected chi connectivity index (χ2v) is 5.43. The van der Waals surface area contributed by atoms with Crippen molar-refractivity contribution >= 4 is 11.6 Å². The minimum atomic E-state index is -0.350. The Hall–Kier alpha value is -2.21. The molecule has 6 nitrogen and oxygen atoms in total. The van der Waals surface area contributed by atoms with Crippen LogP contribution in [-0.4, -0.2) is 34.4 Å². The van der Waals surface area contributed by atoms with Crippen LogP contribution in [0.25, 0.3) is 5.65 Å². The third kappa shape index (κ3) is 2.80. The Labute approximate surface area is 122 Å². The molecule has 2 N–H and O–H groups in total. The van der Waals surface area contributed by atoms with Crippen molar-refractivity contribution in [2.75, 3.05) is 13.1 Å². The van der Waals surface area contributed by atoms with Crippen molar-refractivity contribution in [3.8, 4) is 0 Å². The molecule has 1 amide bonds. The van der Waals surface area contributed by atoms with Crippen molar-refractivity contribution in [1.82, 2.24) is 20.0 Å². The van der Waals surface area contributed by atoms with Gasteiger partial charge >= 0.3 is 0 Å². The summed E-state index contributed by atoms with van der Waals surface area (Å²) in [4.78, 5) is 28.9. The molecule has 0 bridgehead atoms. The topological polar surface area (TPSA) is 75.5 Å². The van der Waals surface area contributed by atoms with Crippen LogP contribution in [0.3, 0.4) is 0 Å². The lowest BCUT2D eigenvalue weighted by molar-refractivity contribution is 0.0928. The van der Waals surface area contributed by atoms with E-state index < -0.39 is 0 Å². The van der Waals surface area contributed by atoms with Gasteiger partial charge < -0.3 is 10.6 Å². The molecule has 1 aliphatic heterocycles. The molecular formula is C15H18N4O2. The van der Waals surface area contributed by atoms with Crippen LogP contribution in [0.15, 0.2) is 29.3 Å². The van der Waals surface area contributed by atoms with Gasteiger partial charge in [-0.1, -0.05) is 6.07 Å². The first-order valence-electron chi connectivity index (χ1n) is 7.15. The SMILES string of the molecule is Cc1ccc2ncc(C(=O)N[C@H]3CCCNC3)c(=O)n2c1. The number of carbonyl (C=O) groups is 1. The van der Waals surface area contributed by atoms with Crippen molar-refractivity contribution < 1.29 is 4.79 Å². The van der Waals surface area contributed by atoms with Crippen molar-refractivity contribution in [3.63, 3.8) is 0 Å². The molecule has 21 heavy (non-hydrogen) atoms. The van der Waals surface area contributed by atoms with Crippen LogP contribution in [0, 0.1) is 6.92 Å². The second-order valence-electron chi connectivity index (χ2n) is 5.43. The minimum Gasteiger partial charge on any atom is -0.348 e. The number of aromatic nitrogens is 2. The Morgan fingerprint density at radius 2 is 2.33 bits per heavy atom.